The Morgan fingerprint density at radius 1 is 0.630 bits per heavy atom. The normalized spacial score (nSPS) is 10.7. The maximum Gasteiger partial charge on any atom is 0.336 e. The summed E-state index contributed by atoms with van der Waals surface area (Å²) in [5, 5.41) is 18.5. The van der Waals surface area contributed by atoms with Gasteiger partial charge < -0.3 is 10.2 Å². The lowest BCUT2D eigenvalue weighted by atomic mass is 9.96. The Kier molecular flexibility index (Phi) is 8.56. The van der Waals surface area contributed by atoms with Gasteiger partial charge in [0.2, 0.25) is 0 Å². The zero-order valence-corrected chi connectivity index (χ0v) is 15.7. The van der Waals surface area contributed by atoms with E-state index in [9.17, 15) is 14.7 Å². The van der Waals surface area contributed by atoms with Gasteiger partial charge in [-0.05, 0) is 42.9 Å². The smallest absolute Gasteiger partial charge is 0.336 e. The molecule has 0 radical (unpaired) electrons. The molecule has 4 nitrogen and oxygen atoms in total. The number of unbranched alkanes of at least 4 members (excludes halogenated alkanes) is 6. The molecule has 4 heteroatoms. The zero-order valence-electron chi connectivity index (χ0n) is 15.7. The van der Waals surface area contributed by atoms with Crippen LogP contribution in [0.15, 0.2) is 48.5 Å². The molecule has 0 heterocycles. The van der Waals surface area contributed by atoms with Crippen molar-refractivity contribution in [3.63, 3.8) is 0 Å². The fraction of sp³-hybridized carbons (Fsp3) is 0.391. The molecule has 0 spiro atoms. The first-order chi connectivity index (χ1) is 13.1. The van der Waals surface area contributed by atoms with E-state index in [1.807, 2.05) is 6.07 Å². The predicted octanol–water partition coefficient (Wildman–Crippen LogP) is 5.60. The van der Waals surface area contributed by atoms with Gasteiger partial charge in [0.1, 0.15) is 0 Å². The number of rotatable bonds is 12. The van der Waals surface area contributed by atoms with Gasteiger partial charge in [-0.3, -0.25) is 0 Å². The van der Waals surface area contributed by atoms with Crippen molar-refractivity contribution in [1.29, 1.82) is 0 Å². The summed E-state index contributed by atoms with van der Waals surface area (Å²) in [6.45, 7) is 0. The molecule has 2 rings (SSSR count). The van der Waals surface area contributed by atoms with Crippen molar-refractivity contribution in [3.8, 4) is 0 Å². The van der Waals surface area contributed by atoms with Crippen LogP contribution < -0.4 is 0 Å². The number of aryl methyl sites for hydroxylation is 2. The van der Waals surface area contributed by atoms with Crippen LogP contribution in [-0.2, 0) is 12.8 Å². The number of hydrogen-bond donors (Lipinski definition) is 2. The minimum atomic E-state index is -1.19. The summed E-state index contributed by atoms with van der Waals surface area (Å²) in [5.41, 5.74) is 1.82. The fourth-order valence-corrected chi connectivity index (χ4v) is 3.41. The van der Waals surface area contributed by atoms with Crippen LogP contribution in [0.4, 0.5) is 0 Å². The van der Waals surface area contributed by atoms with E-state index in [4.69, 9.17) is 5.11 Å². The van der Waals surface area contributed by atoms with Crippen molar-refractivity contribution in [3.05, 3.63) is 70.8 Å². The second kappa shape index (κ2) is 11.2. The van der Waals surface area contributed by atoms with Crippen LogP contribution in [0.2, 0.25) is 0 Å². The highest BCUT2D eigenvalue weighted by molar-refractivity contribution is 6.02. The monoisotopic (exact) mass is 368 g/mol. The summed E-state index contributed by atoms with van der Waals surface area (Å²) in [6, 6.07) is 15.2. The van der Waals surface area contributed by atoms with Crippen LogP contribution in [0.3, 0.4) is 0 Å². The highest BCUT2D eigenvalue weighted by Gasteiger charge is 2.19. The molecule has 2 aromatic rings. The van der Waals surface area contributed by atoms with Crippen LogP contribution in [0.25, 0.3) is 0 Å². The van der Waals surface area contributed by atoms with E-state index < -0.39 is 11.9 Å². The summed E-state index contributed by atoms with van der Waals surface area (Å²) >= 11 is 0. The average Bonchev–Trinajstić information content (AvgIpc) is 2.67. The SMILES string of the molecule is O=C(O)c1cccc(CCCCCCCCCc2ccccc2)c1C(=O)O. The Morgan fingerprint density at radius 2 is 1.22 bits per heavy atom. The van der Waals surface area contributed by atoms with E-state index in [1.165, 1.54) is 37.3 Å². The number of carbonyl (C=O) groups is 2. The molecule has 0 unspecified atom stereocenters. The topological polar surface area (TPSA) is 74.6 Å². The molecule has 0 atom stereocenters. The Bertz CT molecular complexity index is 737. The van der Waals surface area contributed by atoms with Gasteiger partial charge in [0, 0.05) is 0 Å². The van der Waals surface area contributed by atoms with Gasteiger partial charge in [-0.1, -0.05) is 74.6 Å². The first kappa shape index (κ1) is 20.7. The Hall–Kier alpha value is -2.62. The molecule has 27 heavy (non-hydrogen) atoms. The quantitative estimate of drug-likeness (QED) is 0.478. The van der Waals surface area contributed by atoms with E-state index in [0.717, 1.165) is 25.7 Å². The van der Waals surface area contributed by atoms with Gasteiger partial charge >= 0.3 is 11.9 Å². The summed E-state index contributed by atoms with van der Waals surface area (Å²) < 4.78 is 0. The summed E-state index contributed by atoms with van der Waals surface area (Å²) in [5.74, 6) is -2.36. The Balaban J connectivity index is 1.64. The molecule has 0 aliphatic heterocycles. The molecule has 0 saturated heterocycles. The maximum atomic E-state index is 11.4. The summed E-state index contributed by atoms with van der Waals surface area (Å²) in [4.78, 5) is 22.6. The molecule has 0 saturated carbocycles. The zero-order chi connectivity index (χ0) is 19.5. The molecule has 0 aliphatic carbocycles. The van der Waals surface area contributed by atoms with Gasteiger partial charge in [-0.15, -0.1) is 0 Å². The van der Waals surface area contributed by atoms with Gasteiger partial charge in [0.05, 0.1) is 11.1 Å². The molecule has 0 aliphatic rings. The standard InChI is InChI=1S/C23H28O4/c24-22(25)20-17-11-16-19(21(20)23(26)27)15-10-5-3-1-2-4-7-12-18-13-8-6-9-14-18/h6,8-9,11,13-14,16-17H,1-5,7,10,12,15H2,(H,24,25)(H,26,27). The molecule has 0 bridgehead atoms. The number of carboxylic acids is 2. The van der Waals surface area contributed by atoms with Gasteiger partial charge in [-0.2, -0.15) is 0 Å². The van der Waals surface area contributed by atoms with Crippen molar-refractivity contribution in [2.24, 2.45) is 0 Å². The van der Waals surface area contributed by atoms with Crippen LogP contribution in [0, 0.1) is 0 Å². The third-order valence-electron chi connectivity index (χ3n) is 4.85. The first-order valence-corrected chi connectivity index (χ1v) is 9.72. The number of benzene rings is 2. The predicted molar refractivity (Wildman–Crippen MR) is 107 cm³/mol. The molecule has 2 N–H and O–H groups in total. The lowest BCUT2D eigenvalue weighted by molar-refractivity contribution is 0.0650. The second-order valence-corrected chi connectivity index (χ2v) is 6.91. The Labute approximate surface area is 160 Å². The van der Waals surface area contributed by atoms with E-state index >= 15 is 0 Å². The minimum absolute atomic E-state index is 0.0640. The number of hydrogen-bond acceptors (Lipinski definition) is 2. The van der Waals surface area contributed by atoms with Crippen molar-refractivity contribution < 1.29 is 19.8 Å². The molecule has 144 valence electrons. The average molecular weight is 368 g/mol. The molecule has 0 amide bonds. The van der Waals surface area contributed by atoms with Crippen LogP contribution in [0.5, 0.6) is 0 Å². The lowest BCUT2D eigenvalue weighted by Gasteiger charge is -2.09. The van der Waals surface area contributed by atoms with Crippen molar-refractivity contribution >= 4 is 11.9 Å². The van der Waals surface area contributed by atoms with E-state index in [0.29, 0.717) is 12.0 Å². The molecular formula is C23H28O4. The van der Waals surface area contributed by atoms with Crippen LogP contribution >= 0.6 is 0 Å². The number of carboxylic acid groups (broad SMARTS) is 2. The van der Waals surface area contributed by atoms with Gasteiger partial charge in [0.15, 0.2) is 0 Å². The maximum absolute atomic E-state index is 11.4. The largest absolute Gasteiger partial charge is 0.478 e. The minimum Gasteiger partial charge on any atom is -0.478 e. The Morgan fingerprint density at radius 3 is 1.81 bits per heavy atom. The van der Waals surface area contributed by atoms with E-state index in [2.05, 4.69) is 24.3 Å². The first-order valence-electron chi connectivity index (χ1n) is 9.72. The van der Waals surface area contributed by atoms with Gasteiger partial charge in [0.25, 0.3) is 0 Å². The van der Waals surface area contributed by atoms with Gasteiger partial charge in [-0.25, -0.2) is 9.59 Å². The third kappa shape index (κ3) is 6.89. The van der Waals surface area contributed by atoms with Crippen LogP contribution in [0.1, 0.15) is 76.8 Å². The number of aromatic carboxylic acids is 2. The van der Waals surface area contributed by atoms with Crippen LogP contribution in [-0.4, -0.2) is 22.2 Å². The fourth-order valence-electron chi connectivity index (χ4n) is 3.41. The molecule has 2 aromatic carbocycles. The molecular weight excluding hydrogens is 340 g/mol. The molecule has 0 fully saturated rings. The third-order valence-corrected chi connectivity index (χ3v) is 4.85. The van der Waals surface area contributed by atoms with Crippen molar-refractivity contribution in [2.45, 2.75) is 57.8 Å². The summed E-state index contributed by atoms with van der Waals surface area (Å²) in [7, 11) is 0. The van der Waals surface area contributed by atoms with E-state index in [1.54, 1.807) is 12.1 Å². The van der Waals surface area contributed by atoms with Crippen molar-refractivity contribution in [1.82, 2.24) is 0 Å². The highest BCUT2D eigenvalue weighted by atomic mass is 16.4. The second-order valence-electron chi connectivity index (χ2n) is 6.91. The molecule has 0 aromatic heterocycles. The highest BCUT2D eigenvalue weighted by Crippen LogP contribution is 2.19. The lowest BCUT2D eigenvalue weighted by Crippen LogP contribution is -2.11. The van der Waals surface area contributed by atoms with Crippen molar-refractivity contribution in [2.75, 3.05) is 0 Å². The summed E-state index contributed by atoms with van der Waals surface area (Å²) in [6.07, 6.45) is 9.66. The van der Waals surface area contributed by atoms with E-state index in [-0.39, 0.29) is 11.1 Å².